The monoisotopic (exact) mass is 369 g/mol. The van der Waals surface area contributed by atoms with E-state index in [1.165, 1.54) is 0 Å². The minimum atomic E-state index is -3.12. The number of ketones is 1. The molecule has 1 aromatic rings. The summed E-state index contributed by atoms with van der Waals surface area (Å²) in [7, 11) is 0.921. The summed E-state index contributed by atoms with van der Waals surface area (Å²) < 4.78 is 73.9. The van der Waals surface area contributed by atoms with Gasteiger partial charge >= 0.3 is 0 Å². The number of aliphatic hydroxyl groups is 1. The van der Waals surface area contributed by atoms with E-state index < -0.39 is 96.1 Å². The third-order valence-corrected chi connectivity index (χ3v) is 4.00. The fourth-order valence-corrected chi connectivity index (χ4v) is 2.36. The van der Waals surface area contributed by atoms with Gasteiger partial charge in [0, 0.05) is 32.7 Å². The van der Waals surface area contributed by atoms with E-state index in [9.17, 15) is 19.5 Å². The highest BCUT2D eigenvalue weighted by Gasteiger charge is 2.32. The summed E-state index contributed by atoms with van der Waals surface area (Å²) in [6.07, 6.45) is -5.30. The molecule has 2 amide bonds. The Balaban J connectivity index is 2.68. The molecular formula is C20H28N2O4. The minimum Gasteiger partial charge on any atom is -0.385 e. The van der Waals surface area contributed by atoms with E-state index >= 15 is 0 Å². The predicted molar refractivity (Wildman–Crippen MR) is 98.3 cm³/mol. The van der Waals surface area contributed by atoms with Crippen LogP contribution in [0.4, 0.5) is 0 Å². The third-order valence-electron chi connectivity index (χ3n) is 4.00. The highest BCUT2D eigenvalue weighted by Crippen LogP contribution is 2.25. The van der Waals surface area contributed by atoms with Crippen LogP contribution in [0.3, 0.4) is 0 Å². The minimum absolute atomic E-state index is 0.360. The van der Waals surface area contributed by atoms with Gasteiger partial charge in [0.05, 0.1) is 5.48 Å². The van der Waals surface area contributed by atoms with Crippen molar-refractivity contribution in [3.8, 4) is 0 Å². The lowest BCUT2D eigenvalue weighted by molar-refractivity contribution is -0.137. The number of nitrogens with zero attached hydrogens (tertiary/aromatic N) is 1. The number of likely N-dealkylation sites (N-methyl/N-ethyl adjacent to an activating group) is 1. The summed E-state index contributed by atoms with van der Waals surface area (Å²) >= 11 is 0. The van der Waals surface area contributed by atoms with Crippen LogP contribution in [0.1, 0.15) is 56.7 Å². The molecule has 0 unspecified atom stereocenters. The lowest BCUT2D eigenvalue weighted by Crippen LogP contribution is -2.43. The van der Waals surface area contributed by atoms with Crippen molar-refractivity contribution in [2.45, 2.75) is 45.7 Å². The molecule has 6 nitrogen and oxygen atoms in total. The van der Waals surface area contributed by atoms with E-state index in [0.29, 0.717) is 4.90 Å². The number of carbonyl (C=O) groups excluding carboxylic acids is 3. The molecule has 0 saturated carbocycles. The van der Waals surface area contributed by atoms with E-state index in [1.54, 1.807) is 13.8 Å². The molecule has 2 N–H and O–H groups in total. The van der Waals surface area contributed by atoms with Gasteiger partial charge in [-0.25, -0.2) is 0 Å². The molecule has 26 heavy (non-hydrogen) atoms. The summed E-state index contributed by atoms with van der Waals surface area (Å²) in [5, 5.41) is 12.1. The van der Waals surface area contributed by atoms with Crippen molar-refractivity contribution in [1.82, 2.24) is 10.2 Å². The van der Waals surface area contributed by atoms with Crippen molar-refractivity contribution in [2.75, 3.05) is 13.5 Å². The first kappa shape index (κ1) is 10.8. The Kier molecular flexibility index (Phi) is 3.52. The molecule has 1 aliphatic rings. The van der Waals surface area contributed by atoms with Crippen LogP contribution in [-0.4, -0.2) is 47.3 Å². The van der Waals surface area contributed by atoms with Crippen molar-refractivity contribution in [2.24, 2.45) is 11.8 Å². The topological polar surface area (TPSA) is 86.7 Å². The zero-order chi connectivity index (χ0) is 27.4. The van der Waals surface area contributed by atoms with Crippen LogP contribution in [0.15, 0.2) is 24.2 Å². The van der Waals surface area contributed by atoms with Gasteiger partial charge in [-0.05, 0) is 23.4 Å². The SMILES string of the molecule is [2H]c1c([2H])c([2H])c2c(c1[2H])[C@H](NC(=O)[C@]([2H])(C)CC(=O)[C@@H](O)C(C)C)C(=O)N(C)C([2H])([2H])C2([2H])[2H]. The molecule has 3 atom stereocenters. The average Bonchev–Trinajstić information content (AvgIpc) is 2.78. The smallest absolute Gasteiger partial charge is 0.249 e. The fraction of sp³-hybridized carbons (Fsp3) is 0.550. The lowest BCUT2D eigenvalue weighted by atomic mass is 9.94. The first-order valence-corrected chi connectivity index (χ1v) is 8.11. The van der Waals surface area contributed by atoms with Crippen molar-refractivity contribution < 1.29 is 31.8 Å². The van der Waals surface area contributed by atoms with Gasteiger partial charge in [0.25, 0.3) is 0 Å². The number of nitrogens with one attached hydrogen (secondary N) is 1. The van der Waals surface area contributed by atoms with Gasteiger partial charge < -0.3 is 15.3 Å². The largest absolute Gasteiger partial charge is 0.385 e. The molecule has 0 spiro atoms. The van der Waals surface area contributed by atoms with Crippen LogP contribution in [0.5, 0.6) is 0 Å². The van der Waals surface area contributed by atoms with Crippen LogP contribution in [0.25, 0.3) is 0 Å². The molecule has 0 radical (unpaired) electrons. The van der Waals surface area contributed by atoms with E-state index in [0.717, 1.165) is 14.0 Å². The number of hydrogen-bond donors (Lipinski definition) is 2. The molecule has 0 aromatic heterocycles. The molecule has 1 aromatic carbocycles. The molecule has 0 aliphatic carbocycles. The lowest BCUT2D eigenvalue weighted by Gasteiger charge is -2.24. The fourth-order valence-electron chi connectivity index (χ4n) is 2.36. The van der Waals surface area contributed by atoms with Crippen LogP contribution < -0.4 is 5.32 Å². The van der Waals surface area contributed by atoms with Gasteiger partial charge in [-0.15, -0.1) is 0 Å². The Labute approximate surface area is 167 Å². The number of benzene rings is 1. The van der Waals surface area contributed by atoms with Gasteiger partial charge in [0.2, 0.25) is 11.8 Å². The second-order valence-corrected chi connectivity index (χ2v) is 6.44. The normalized spacial score (nSPS) is 29.6. The van der Waals surface area contributed by atoms with E-state index in [4.69, 9.17) is 12.3 Å². The summed E-state index contributed by atoms with van der Waals surface area (Å²) in [4.78, 5) is 38.9. The first-order valence-electron chi connectivity index (χ1n) is 12.6. The van der Waals surface area contributed by atoms with Crippen molar-refractivity contribution in [1.29, 1.82) is 0 Å². The number of amides is 2. The standard InChI is InChI=1S/C20H28N2O4/c1-12(2)18(24)16(23)11-13(3)19(25)21-17-15-8-6-5-7-14(15)9-10-22(4)20(17)26/h5-8,12-13,17-18,24H,9-11H2,1-4H3,(H,21,25)/t13-,17+,18+/m1/s1/i5D,6D,7D,8D,9D2,10D2,13D. The molecule has 142 valence electrons. The number of carbonyl (C=O) groups is 3. The number of fused-ring (bicyclic) bond motifs is 1. The van der Waals surface area contributed by atoms with Crippen LogP contribution in [0, 0.1) is 11.8 Å². The maximum absolute atomic E-state index is 13.2. The zero-order valence-corrected chi connectivity index (χ0v) is 15.1. The zero-order valence-electron chi connectivity index (χ0n) is 24.1. The highest BCUT2D eigenvalue weighted by molar-refractivity contribution is 5.92. The molecule has 1 heterocycles. The number of Topliss-reactive ketones (excluding diaryl/α,β-unsaturated/α-hetero) is 1. The number of hydrogen-bond acceptors (Lipinski definition) is 4. The Morgan fingerprint density at radius 1 is 1.42 bits per heavy atom. The van der Waals surface area contributed by atoms with Gasteiger partial charge in [-0.3, -0.25) is 14.4 Å². The van der Waals surface area contributed by atoms with Crippen LogP contribution >= 0.6 is 0 Å². The second kappa shape index (κ2) is 8.45. The van der Waals surface area contributed by atoms with E-state index in [1.807, 2.05) is 0 Å². The average molecular weight is 370 g/mol. The maximum atomic E-state index is 13.2. The Bertz CT molecular complexity index is 1080. The van der Waals surface area contributed by atoms with Gasteiger partial charge in [-0.1, -0.05) is 44.9 Å². The number of rotatable bonds is 6. The first-order chi connectivity index (χ1) is 15.7. The Morgan fingerprint density at radius 3 is 2.73 bits per heavy atom. The van der Waals surface area contributed by atoms with E-state index in [2.05, 4.69) is 5.32 Å². The second-order valence-electron chi connectivity index (χ2n) is 6.44. The quantitative estimate of drug-likeness (QED) is 0.795. The third kappa shape index (κ3) is 4.49. The number of aliphatic hydroxyl groups excluding tert-OH is 1. The highest BCUT2D eigenvalue weighted by atomic mass is 16.3. The Morgan fingerprint density at radius 2 is 2.08 bits per heavy atom. The summed E-state index contributed by atoms with van der Waals surface area (Å²) in [5.74, 6) is -5.94. The molecule has 0 bridgehead atoms. The Hall–Kier alpha value is -2.21. The molecule has 0 saturated heterocycles. The molecule has 2 rings (SSSR count). The summed E-state index contributed by atoms with van der Waals surface area (Å²) in [5.41, 5.74) is -1.51. The summed E-state index contributed by atoms with van der Waals surface area (Å²) in [6.45, 7) is 1.10. The van der Waals surface area contributed by atoms with Crippen molar-refractivity contribution >= 4 is 17.6 Å². The van der Waals surface area contributed by atoms with E-state index in [-0.39, 0.29) is 0 Å². The molecule has 6 heteroatoms. The van der Waals surface area contributed by atoms with Crippen molar-refractivity contribution in [3.63, 3.8) is 0 Å². The molecule has 0 fully saturated rings. The van der Waals surface area contributed by atoms with Gasteiger partial charge in [-0.2, -0.15) is 0 Å². The van der Waals surface area contributed by atoms with Gasteiger partial charge in [0.15, 0.2) is 5.78 Å². The maximum Gasteiger partial charge on any atom is 0.249 e. The predicted octanol–water partition coefficient (Wildman–Crippen LogP) is 1.47. The van der Waals surface area contributed by atoms with Crippen LogP contribution in [-0.2, 0) is 20.8 Å². The molecular weight excluding hydrogens is 332 g/mol. The summed E-state index contributed by atoms with van der Waals surface area (Å²) in [6, 6.07) is -5.43. The molecule has 1 aliphatic heterocycles. The van der Waals surface area contributed by atoms with Crippen molar-refractivity contribution in [3.05, 3.63) is 35.3 Å². The van der Waals surface area contributed by atoms with Crippen LogP contribution in [0.2, 0.25) is 0 Å². The van der Waals surface area contributed by atoms with Gasteiger partial charge in [0.1, 0.15) is 12.1 Å².